The molecule has 0 radical (unpaired) electrons. The molecule has 0 spiro atoms. The SMILES string of the molecule is CC(C)(C)c1[c-]c2c(cc1)-c1ccccc1C2.CC(C)(C)c1[c-]c2c(cc1)-c1ccccc1C2.[Cl][Hf]([Cl])=[Si](c1ccccc1)c1ccccc1. The van der Waals surface area contributed by atoms with Crippen molar-refractivity contribution in [2.24, 2.45) is 0 Å². The van der Waals surface area contributed by atoms with Gasteiger partial charge in [-0.1, -0.05) is 112 Å². The minimum absolute atomic E-state index is 0.184. The van der Waals surface area contributed by atoms with Gasteiger partial charge in [0.1, 0.15) is 0 Å². The van der Waals surface area contributed by atoms with Crippen LogP contribution in [-0.2, 0) is 41.4 Å². The molecule has 50 heavy (non-hydrogen) atoms. The van der Waals surface area contributed by atoms with E-state index in [-0.39, 0.29) is 10.8 Å². The summed E-state index contributed by atoms with van der Waals surface area (Å²) < 4.78 is 0. The van der Waals surface area contributed by atoms with E-state index in [2.05, 4.69) is 175 Å². The number of fused-ring (bicyclic) bond motifs is 6. The van der Waals surface area contributed by atoms with E-state index in [1.165, 1.54) is 66.0 Å². The number of rotatable bonds is 2. The molecule has 0 heterocycles. The molecule has 0 atom stereocenters. The maximum absolute atomic E-state index is 6.34. The summed E-state index contributed by atoms with van der Waals surface area (Å²) in [5, 5.41) is 2.68. The maximum atomic E-state index is 6.34. The van der Waals surface area contributed by atoms with Crippen LogP contribution >= 0.6 is 17.2 Å². The van der Waals surface area contributed by atoms with Crippen LogP contribution in [0.2, 0.25) is 0 Å². The van der Waals surface area contributed by atoms with Crippen LogP contribution in [0.1, 0.15) is 74.9 Å². The quantitative estimate of drug-likeness (QED) is 0.120. The van der Waals surface area contributed by atoms with Crippen molar-refractivity contribution in [3.05, 3.63) is 179 Å². The van der Waals surface area contributed by atoms with Crippen molar-refractivity contribution in [3.63, 3.8) is 0 Å². The molecule has 0 fully saturated rings. The van der Waals surface area contributed by atoms with E-state index in [1.807, 2.05) is 12.1 Å². The molecule has 0 aromatic heterocycles. The molecule has 6 aromatic carbocycles. The average Bonchev–Trinajstić information content (AvgIpc) is 3.67. The van der Waals surface area contributed by atoms with Gasteiger partial charge >= 0.3 is 111 Å². The third kappa shape index (κ3) is 8.54. The van der Waals surface area contributed by atoms with Crippen LogP contribution in [0.15, 0.2) is 133 Å². The second-order valence-corrected chi connectivity index (χ2v) is 41.3. The molecule has 0 saturated carbocycles. The van der Waals surface area contributed by atoms with Crippen molar-refractivity contribution in [1.29, 1.82) is 0 Å². The van der Waals surface area contributed by atoms with Crippen LogP contribution in [0.25, 0.3) is 22.3 Å². The molecule has 0 nitrogen and oxygen atoms in total. The van der Waals surface area contributed by atoms with Gasteiger partial charge in [0.2, 0.25) is 0 Å². The molecule has 0 unspecified atom stereocenters. The monoisotopic (exact) mass is 874 g/mol. The summed E-state index contributed by atoms with van der Waals surface area (Å²) in [6.45, 7) is 13.5. The molecule has 252 valence electrons. The molecule has 6 aromatic rings. The number of benzene rings is 6. The van der Waals surface area contributed by atoms with Gasteiger partial charge in [-0.3, -0.25) is 0 Å². The van der Waals surface area contributed by atoms with Crippen LogP contribution in [0.3, 0.4) is 0 Å². The zero-order valence-electron chi connectivity index (χ0n) is 29.9. The summed E-state index contributed by atoms with van der Waals surface area (Å²) in [6.07, 6.45) is 2.07. The zero-order chi connectivity index (χ0) is 35.5. The molecule has 8 rings (SSSR count). The van der Waals surface area contributed by atoms with Gasteiger partial charge in [0.15, 0.2) is 0 Å². The molecule has 0 bridgehead atoms. The van der Waals surface area contributed by atoms with Crippen molar-refractivity contribution >= 4 is 33.0 Å². The summed E-state index contributed by atoms with van der Waals surface area (Å²) in [6, 6.07) is 54.4. The van der Waals surface area contributed by atoms with Gasteiger partial charge in [0.25, 0.3) is 0 Å². The van der Waals surface area contributed by atoms with E-state index >= 15 is 0 Å². The Kier molecular flexibility index (Phi) is 11.5. The molecule has 0 amide bonds. The van der Waals surface area contributed by atoms with Crippen LogP contribution in [0.5, 0.6) is 0 Å². The molecule has 4 heteroatoms. The van der Waals surface area contributed by atoms with Crippen molar-refractivity contribution in [2.75, 3.05) is 0 Å². The molecular weight excluding hydrogens is 830 g/mol. The van der Waals surface area contributed by atoms with Crippen molar-refractivity contribution in [2.45, 2.75) is 65.2 Å². The van der Waals surface area contributed by atoms with Gasteiger partial charge in [-0.25, -0.2) is 0 Å². The first kappa shape index (κ1) is 36.8. The summed E-state index contributed by atoms with van der Waals surface area (Å²) in [4.78, 5) is 0. The fourth-order valence-electron chi connectivity index (χ4n) is 6.59. The standard InChI is InChI=1S/2C17H17.C12H10Si.2ClH.Hf/c2*1-17(2,3)14-8-9-16-13(11-14)10-12-6-4-5-7-15(12)16;1-3-7-11(8-4-1)13-12-9-5-2-6-10-12;;;/h2*4-9H,10H2,1-3H3;1-10H;2*1H;/q2*-1;;;;+2/p-2. The van der Waals surface area contributed by atoms with Crippen LogP contribution in [-0.4, -0.2) is 5.49 Å². The van der Waals surface area contributed by atoms with E-state index in [9.17, 15) is 0 Å². The summed E-state index contributed by atoms with van der Waals surface area (Å²) in [5.74, 6) is 0. The van der Waals surface area contributed by atoms with E-state index in [0.29, 0.717) is 0 Å². The third-order valence-electron chi connectivity index (χ3n) is 9.33. The molecule has 2 aliphatic carbocycles. The molecule has 0 aliphatic heterocycles. The van der Waals surface area contributed by atoms with Crippen molar-refractivity contribution in [3.8, 4) is 22.3 Å². The number of halogens is 2. The van der Waals surface area contributed by atoms with Gasteiger partial charge in [-0.05, 0) is 23.7 Å². The Hall–Kier alpha value is -3.01. The van der Waals surface area contributed by atoms with Gasteiger partial charge in [0.05, 0.1) is 0 Å². The van der Waals surface area contributed by atoms with Gasteiger partial charge in [0, 0.05) is 0 Å². The predicted molar refractivity (Wildman–Crippen MR) is 214 cm³/mol. The molecule has 0 saturated heterocycles. The number of hydrogen-bond donors (Lipinski definition) is 0. The average molecular weight is 874 g/mol. The fourth-order valence-corrected chi connectivity index (χ4v) is 27.4. The Morgan fingerprint density at radius 3 is 1.18 bits per heavy atom. The summed E-state index contributed by atoms with van der Waals surface area (Å²) >= 11 is -2.41. The van der Waals surface area contributed by atoms with E-state index in [0.717, 1.165) is 12.8 Å². The summed E-state index contributed by atoms with van der Waals surface area (Å²) in [5.41, 5.74) is 13.2. The zero-order valence-corrected chi connectivity index (χ0v) is 36.0. The second kappa shape index (κ2) is 15.7. The van der Waals surface area contributed by atoms with E-state index in [4.69, 9.17) is 17.2 Å². The Labute approximate surface area is 314 Å². The molecule has 0 N–H and O–H groups in total. The molecule has 2 aliphatic rings. The minimum atomic E-state index is -2.41. The van der Waals surface area contributed by atoms with Crippen molar-refractivity contribution in [1.82, 2.24) is 0 Å². The normalized spacial score (nSPS) is 12.2. The first-order valence-electron chi connectivity index (χ1n) is 17.3. The van der Waals surface area contributed by atoms with Gasteiger partial charge in [-0.2, -0.15) is 47.5 Å². The first-order valence-corrected chi connectivity index (χ1v) is 33.1. The fraction of sp³-hybridized carbons (Fsp3) is 0.217. The van der Waals surface area contributed by atoms with Gasteiger partial charge in [-0.15, -0.1) is 22.3 Å². The van der Waals surface area contributed by atoms with Crippen molar-refractivity contribution < 1.29 is 17.7 Å². The number of hydrogen-bond acceptors (Lipinski definition) is 0. The Bertz CT molecular complexity index is 1990. The van der Waals surface area contributed by atoms with E-state index < -0.39 is 23.2 Å². The van der Waals surface area contributed by atoms with Crippen LogP contribution in [0, 0.1) is 12.1 Å². The van der Waals surface area contributed by atoms with E-state index in [1.54, 1.807) is 0 Å². The Balaban J connectivity index is 0.000000130. The Morgan fingerprint density at radius 2 is 0.820 bits per heavy atom. The van der Waals surface area contributed by atoms with Crippen LogP contribution in [0.4, 0.5) is 0 Å². The third-order valence-corrected chi connectivity index (χ3v) is 31.1. The first-order chi connectivity index (χ1) is 23.9. The second-order valence-electron chi connectivity index (χ2n) is 15.1. The Morgan fingerprint density at radius 1 is 0.460 bits per heavy atom. The van der Waals surface area contributed by atoms with Gasteiger partial charge < -0.3 is 0 Å². The van der Waals surface area contributed by atoms with Crippen LogP contribution < -0.4 is 10.4 Å². The predicted octanol–water partition coefficient (Wildman–Crippen LogP) is 11.4. The topological polar surface area (TPSA) is 0 Å². The molecular formula is C46H44Cl2HfSi-2. The summed E-state index contributed by atoms with van der Waals surface area (Å²) in [7, 11) is 12.7.